The van der Waals surface area contributed by atoms with Crippen molar-refractivity contribution >= 4 is 23.0 Å². The van der Waals surface area contributed by atoms with E-state index in [1.54, 1.807) is 6.07 Å². The highest BCUT2D eigenvalue weighted by Gasteiger charge is 2.33. The number of para-hydroxylation sites is 1. The van der Waals surface area contributed by atoms with Crippen molar-refractivity contribution in [3.05, 3.63) is 62.7 Å². The molecule has 0 radical (unpaired) electrons. The topological polar surface area (TPSA) is 64.4 Å². The van der Waals surface area contributed by atoms with Crippen LogP contribution in [0, 0.1) is 17.0 Å². The summed E-state index contributed by atoms with van der Waals surface area (Å²) in [6, 6.07) is 6.97. The molecule has 30 heavy (non-hydrogen) atoms. The molecule has 160 valence electrons. The van der Waals surface area contributed by atoms with Gasteiger partial charge in [0.15, 0.2) is 0 Å². The minimum Gasteiger partial charge on any atom is -0.479 e. The van der Waals surface area contributed by atoms with Crippen LogP contribution in [0.3, 0.4) is 0 Å². The maximum atomic E-state index is 11.7. The first-order valence-electron chi connectivity index (χ1n) is 10.2. The molecule has 0 bridgehead atoms. The predicted octanol–water partition coefficient (Wildman–Crippen LogP) is 7.26. The maximum Gasteiger partial charge on any atom is 0.311 e. The number of nitrogens with one attached hydrogen (secondary N) is 1. The average molecular weight is 429 g/mol. The molecule has 1 N–H and O–H groups in total. The number of hydrogen-bond donors (Lipinski definition) is 1. The Hall–Kier alpha value is -2.53. The van der Waals surface area contributed by atoms with E-state index in [9.17, 15) is 10.1 Å². The number of nitro groups is 1. The molecule has 0 saturated heterocycles. The van der Waals surface area contributed by atoms with Crippen molar-refractivity contribution in [2.24, 2.45) is 0 Å². The van der Waals surface area contributed by atoms with Gasteiger partial charge in [-0.1, -0.05) is 36.7 Å². The Morgan fingerprint density at radius 2 is 2.07 bits per heavy atom. The number of nitrogens with zero attached hydrogens (tertiary/aromatic N) is 1. The Labute approximate surface area is 183 Å². The minimum absolute atomic E-state index is 0.0241. The van der Waals surface area contributed by atoms with Gasteiger partial charge in [0.2, 0.25) is 5.75 Å². The van der Waals surface area contributed by atoms with E-state index in [1.165, 1.54) is 6.07 Å². The molecule has 0 saturated carbocycles. The second-order valence-corrected chi connectivity index (χ2v) is 9.10. The van der Waals surface area contributed by atoms with E-state index in [2.05, 4.69) is 26.1 Å². The average Bonchev–Trinajstić information content (AvgIpc) is 2.63. The largest absolute Gasteiger partial charge is 0.479 e. The Bertz CT molecular complexity index is 1010. The lowest BCUT2D eigenvalue weighted by molar-refractivity contribution is -0.385. The summed E-state index contributed by atoms with van der Waals surface area (Å²) < 4.78 is 6.03. The number of anilines is 1. The fourth-order valence-corrected chi connectivity index (χ4v) is 4.84. The van der Waals surface area contributed by atoms with Crippen molar-refractivity contribution in [1.29, 1.82) is 0 Å². The molecule has 5 nitrogen and oxygen atoms in total. The Balaban J connectivity index is 2.24. The van der Waals surface area contributed by atoms with Crippen molar-refractivity contribution in [1.82, 2.24) is 0 Å². The van der Waals surface area contributed by atoms with Gasteiger partial charge < -0.3 is 10.1 Å². The quantitative estimate of drug-likeness (QED) is 0.309. The third-order valence-electron chi connectivity index (χ3n) is 5.52. The van der Waals surface area contributed by atoms with E-state index in [1.807, 2.05) is 45.1 Å². The number of rotatable bonds is 5. The SMILES string of the molecule is C/C=C/C(C)Oc1c(-c2cc(C)c3c(c2Cl)C(C)CC(C)(C)N3)cccc1[N+](=O)[O-]. The molecular weight excluding hydrogens is 400 g/mol. The van der Waals surface area contributed by atoms with E-state index in [0.717, 1.165) is 28.8 Å². The molecular formula is C24H29ClN2O3. The first-order valence-corrected chi connectivity index (χ1v) is 10.6. The van der Waals surface area contributed by atoms with Gasteiger partial charge in [-0.25, -0.2) is 0 Å². The van der Waals surface area contributed by atoms with Gasteiger partial charge in [-0.2, -0.15) is 0 Å². The first-order chi connectivity index (χ1) is 14.1. The van der Waals surface area contributed by atoms with Gasteiger partial charge in [-0.05, 0) is 70.2 Å². The summed E-state index contributed by atoms with van der Waals surface area (Å²) in [7, 11) is 0. The highest BCUT2D eigenvalue weighted by molar-refractivity contribution is 6.35. The van der Waals surface area contributed by atoms with Crippen LogP contribution >= 0.6 is 11.6 Å². The van der Waals surface area contributed by atoms with Crippen LogP contribution in [0.2, 0.25) is 5.02 Å². The van der Waals surface area contributed by atoms with E-state index in [-0.39, 0.29) is 29.0 Å². The number of benzene rings is 2. The second kappa shape index (κ2) is 8.31. The number of nitro benzene ring substituents is 1. The van der Waals surface area contributed by atoms with Crippen LogP contribution in [0.4, 0.5) is 11.4 Å². The lowest BCUT2D eigenvalue weighted by Crippen LogP contribution is -2.37. The fraction of sp³-hybridized carbons (Fsp3) is 0.417. The monoisotopic (exact) mass is 428 g/mol. The molecule has 0 spiro atoms. The number of halogens is 1. The molecule has 1 aliphatic heterocycles. The zero-order chi connectivity index (χ0) is 22.2. The summed E-state index contributed by atoms with van der Waals surface area (Å²) in [5.74, 6) is 0.499. The second-order valence-electron chi connectivity index (χ2n) is 8.72. The first kappa shape index (κ1) is 22.2. The van der Waals surface area contributed by atoms with Crippen molar-refractivity contribution in [2.45, 2.75) is 65.5 Å². The molecule has 1 heterocycles. The van der Waals surface area contributed by atoms with Crippen molar-refractivity contribution < 1.29 is 9.66 Å². The summed E-state index contributed by atoms with van der Waals surface area (Å²) in [5.41, 5.74) is 4.48. The maximum absolute atomic E-state index is 11.7. The van der Waals surface area contributed by atoms with Gasteiger partial charge in [0, 0.05) is 28.4 Å². The third kappa shape index (κ3) is 4.17. The number of allylic oxidation sites excluding steroid dienone is 1. The molecule has 0 fully saturated rings. The molecule has 6 heteroatoms. The van der Waals surface area contributed by atoms with E-state index >= 15 is 0 Å². The number of hydrogen-bond acceptors (Lipinski definition) is 4. The van der Waals surface area contributed by atoms with Crippen LogP contribution in [0.1, 0.15) is 58.1 Å². The fourth-order valence-electron chi connectivity index (χ4n) is 4.40. The molecule has 0 aliphatic carbocycles. The zero-order valence-corrected chi connectivity index (χ0v) is 19.1. The Morgan fingerprint density at radius 3 is 2.70 bits per heavy atom. The van der Waals surface area contributed by atoms with Crippen LogP contribution in [-0.2, 0) is 0 Å². The number of aryl methyl sites for hydroxylation is 1. The van der Waals surface area contributed by atoms with Crippen LogP contribution < -0.4 is 10.1 Å². The Morgan fingerprint density at radius 1 is 1.37 bits per heavy atom. The molecule has 0 amide bonds. The Kier molecular flexibility index (Phi) is 6.14. The van der Waals surface area contributed by atoms with Gasteiger partial charge in [0.25, 0.3) is 0 Å². The smallest absolute Gasteiger partial charge is 0.311 e. The van der Waals surface area contributed by atoms with E-state index in [0.29, 0.717) is 10.6 Å². The summed E-state index contributed by atoms with van der Waals surface area (Å²) >= 11 is 6.94. The highest BCUT2D eigenvalue weighted by Crippen LogP contribution is 2.50. The molecule has 0 aromatic heterocycles. The highest BCUT2D eigenvalue weighted by atomic mass is 35.5. The van der Waals surface area contributed by atoms with Gasteiger partial charge >= 0.3 is 5.69 Å². The van der Waals surface area contributed by atoms with Crippen molar-refractivity contribution in [3.63, 3.8) is 0 Å². The molecule has 2 aromatic carbocycles. The van der Waals surface area contributed by atoms with Gasteiger partial charge in [-0.15, -0.1) is 0 Å². The zero-order valence-electron chi connectivity index (χ0n) is 18.4. The van der Waals surface area contributed by atoms with E-state index < -0.39 is 4.92 Å². The lowest BCUT2D eigenvalue weighted by Gasteiger charge is -2.39. The minimum atomic E-state index is -0.410. The van der Waals surface area contributed by atoms with Crippen LogP contribution in [0.15, 0.2) is 36.4 Å². The molecule has 2 aromatic rings. The van der Waals surface area contributed by atoms with E-state index in [4.69, 9.17) is 16.3 Å². The number of fused-ring (bicyclic) bond motifs is 1. The summed E-state index contributed by atoms with van der Waals surface area (Å²) in [6.07, 6.45) is 4.35. The standard InChI is InChI=1S/C24H29ClN2O3/c1-7-9-16(4)30-23-17(10-8-11-19(23)27(28)29)18-12-14(2)22-20(21(18)25)15(3)13-24(5,6)26-22/h7-12,15-16,26H,13H2,1-6H3/b9-7+. The van der Waals surface area contributed by atoms with Crippen LogP contribution in [0.5, 0.6) is 5.75 Å². The summed E-state index contributed by atoms with van der Waals surface area (Å²) in [6.45, 7) is 12.3. The van der Waals surface area contributed by atoms with Crippen molar-refractivity contribution in [3.8, 4) is 16.9 Å². The van der Waals surface area contributed by atoms with Gasteiger partial charge in [0.05, 0.1) is 9.95 Å². The predicted molar refractivity (Wildman–Crippen MR) is 124 cm³/mol. The van der Waals surface area contributed by atoms with Crippen LogP contribution in [0.25, 0.3) is 11.1 Å². The molecule has 3 rings (SSSR count). The molecule has 2 unspecified atom stereocenters. The molecule has 1 aliphatic rings. The summed E-state index contributed by atoms with van der Waals surface area (Å²) in [5, 5.41) is 16.0. The van der Waals surface area contributed by atoms with Gasteiger partial charge in [0.1, 0.15) is 6.10 Å². The normalized spacial score (nSPS) is 18.6. The lowest BCUT2D eigenvalue weighted by atomic mass is 9.79. The summed E-state index contributed by atoms with van der Waals surface area (Å²) in [4.78, 5) is 11.3. The van der Waals surface area contributed by atoms with Gasteiger partial charge in [-0.3, -0.25) is 10.1 Å². The van der Waals surface area contributed by atoms with Crippen molar-refractivity contribution in [2.75, 3.05) is 5.32 Å². The third-order valence-corrected chi connectivity index (χ3v) is 5.93. The number of ether oxygens (including phenoxy) is 1. The van der Waals surface area contributed by atoms with Crippen LogP contribution in [-0.4, -0.2) is 16.6 Å². The molecule has 2 atom stereocenters.